The van der Waals surface area contributed by atoms with E-state index in [2.05, 4.69) is 5.32 Å². The fourth-order valence-electron chi connectivity index (χ4n) is 3.35. The standard InChI is InChI=1S/C23H22N2O3S2/c1-15-22(26)24-19-12-16(9-10-21(19)30-15)23(27)25(14-18-7-5-11-29-18)13-17-6-3-4-8-20(17)28-2/h3-12,15H,13-14H2,1-2H3,(H,24,26). The number of para-hydroxylation sites is 1. The molecule has 4 rings (SSSR count). The molecule has 2 heterocycles. The summed E-state index contributed by atoms with van der Waals surface area (Å²) in [7, 11) is 1.63. The Labute approximate surface area is 184 Å². The van der Waals surface area contributed by atoms with Crippen LogP contribution < -0.4 is 10.1 Å². The SMILES string of the molecule is COc1ccccc1CN(Cc1cccs1)C(=O)c1ccc2c(c1)NC(=O)C(C)S2. The number of hydrogen-bond donors (Lipinski definition) is 1. The highest BCUT2D eigenvalue weighted by Gasteiger charge is 2.25. The molecule has 0 saturated heterocycles. The number of carbonyl (C=O) groups excluding carboxylic acids is 2. The van der Waals surface area contributed by atoms with Gasteiger partial charge < -0.3 is 15.0 Å². The molecule has 1 atom stereocenters. The van der Waals surface area contributed by atoms with E-state index in [1.54, 1.807) is 24.5 Å². The number of thiophene rings is 1. The Kier molecular flexibility index (Phi) is 6.11. The maximum Gasteiger partial charge on any atom is 0.254 e. The zero-order chi connectivity index (χ0) is 21.1. The van der Waals surface area contributed by atoms with Gasteiger partial charge in [0.25, 0.3) is 5.91 Å². The van der Waals surface area contributed by atoms with E-state index >= 15 is 0 Å². The molecule has 30 heavy (non-hydrogen) atoms. The van der Waals surface area contributed by atoms with E-state index in [0.717, 1.165) is 21.1 Å². The molecule has 0 radical (unpaired) electrons. The Morgan fingerprint density at radius 2 is 1.97 bits per heavy atom. The van der Waals surface area contributed by atoms with Crippen molar-refractivity contribution < 1.29 is 14.3 Å². The summed E-state index contributed by atoms with van der Waals surface area (Å²) < 4.78 is 5.48. The van der Waals surface area contributed by atoms with Gasteiger partial charge in [0.05, 0.1) is 31.1 Å². The lowest BCUT2D eigenvalue weighted by Gasteiger charge is -2.25. The molecule has 0 spiro atoms. The van der Waals surface area contributed by atoms with Crippen LogP contribution in [0.2, 0.25) is 0 Å². The number of ether oxygens (including phenoxy) is 1. The van der Waals surface area contributed by atoms with Crippen molar-refractivity contribution in [3.63, 3.8) is 0 Å². The second kappa shape index (κ2) is 8.93. The summed E-state index contributed by atoms with van der Waals surface area (Å²) >= 11 is 3.13. The van der Waals surface area contributed by atoms with Gasteiger partial charge in [-0.1, -0.05) is 24.3 Å². The normalized spacial score (nSPS) is 15.3. The molecule has 0 fully saturated rings. The minimum absolute atomic E-state index is 0.0402. The molecule has 0 aliphatic carbocycles. The maximum atomic E-state index is 13.5. The first-order valence-electron chi connectivity index (χ1n) is 9.60. The van der Waals surface area contributed by atoms with Gasteiger partial charge in [-0.25, -0.2) is 0 Å². The van der Waals surface area contributed by atoms with Crippen molar-refractivity contribution in [2.24, 2.45) is 0 Å². The zero-order valence-electron chi connectivity index (χ0n) is 16.8. The quantitative estimate of drug-likeness (QED) is 0.586. The summed E-state index contributed by atoms with van der Waals surface area (Å²) in [5, 5.41) is 4.78. The molecule has 1 N–H and O–H groups in total. The Morgan fingerprint density at radius 1 is 1.13 bits per heavy atom. The van der Waals surface area contributed by atoms with Crippen LogP contribution in [0.4, 0.5) is 5.69 Å². The molecule has 154 valence electrons. The van der Waals surface area contributed by atoms with Crippen molar-refractivity contribution in [2.75, 3.05) is 12.4 Å². The van der Waals surface area contributed by atoms with Gasteiger partial charge in [0, 0.05) is 20.9 Å². The van der Waals surface area contributed by atoms with Crippen molar-refractivity contribution in [1.82, 2.24) is 4.90 Å². The summed E-state index contributed by atoms with van der Waals surface area (Å²) in [6.45, 7) is 2.80. The first kappa shape index (κ1) is 20.5. The molecular formula is C23H22N2O3S2. The number of benzene rings is 2. The minimum atomic E-state index is -0.139. The lowest BCUT2D eigenvalue weighted by Crippen LogP contribution is -2.31. The number of thioether (sulfide) groups is 1. The number of hydrogen-bond acceptors (Lipinski definition) is 5. The average Bonchev–Trinajstić information content (AvgIpc) is 3.27. The third kappa shape index (κ3) is 4.37. The van der Waals surface area contributed by atoms with Crippen LogP contribution in [0, 0.1) is 0 Å². The molecule has 2 amide bonds. The highest BCUT2D eigenvalue weighted by molar-refractivity contribution is 8.00. The van der Waals surface area contributed by atoms with Crippen molar-refractivity contribution in [1.29, 1.82) is 0 Å². The van der Waals surface area contributed by atoms with Gasteiger partial charge in [0.2, 0.25) is 5.91 Å². The number of rotatable bonds is 6. The molecule has 0 saturated carbocycles. The fourth-order valence-corrected chi connectivity index (χ4v) is 5.00. The largest absolute Gasteiger partial charge is 0.496 e. The summed E-state index contributed by atoms with van der Waals surface area (Å²) in [6.07, 6.45) is 0. The van der Waals surface area contributed by atoms with E-state index in [9.17, 15) is 9.59 Å². The molecule has 1 aliphatic rings. The number of carbonyl (C=O) groups is 2. The molecule has 1 aliphatic heterocycles. The van der Waals surface area contributed by atoms with Gasteiger partial charge in [-0.2, -0.15) is 0 Å². The summed E-state index contributed by atoms with van der Waals surface area (Å²) in [5.74, 6) is 0.626. The van der Waals surface area contributed by atoms with Gasteiger partial charge in [0.1, 0.15) is 5.75 Å². The first-order valence-corrected chi connectivity index (χ1v) is 11.4. The Morgan fingerprint density at radius 3 is 2.73 bits per heavy atom. The van der Waals surface area contributed by atoms with E-state index in [0.29, 0.717) is 24.3 Å². The van der Waals surface area contributed by atoms with Crippen molar-refractivity contribution in [2.45, 2.75) is 30.2 Å². The van der Waals surface area contributed by atoms with Gasteiger partial charge in [-0.15, -0.1) is 23.1 Å². The average molecular weight is 439 g/mol. The molecule has 1 aromatic heterocycles. The number of methoxy groups -OCH3 is 1. The monoisotopic (exact) mass is 438 g/mol. The van der Waals surface area contributed by atoms with Crippen LogP contribution in [0.3, 0.4) is 0 Å². The first-order chi connectivity index (χ1) is 14.5. The zero-order valence-corrected chi connectivity index (χ0v) is 18.4. The minimum Gasteiger partial charge on any atom is -0.496 e. The van der Waals surface area contributed by atoms with Gasteiger partial charge in [-0.3, -0.25) is 9.59 Å². The molecule has 3 aromatic rings. The van der Waals surface area contributed by atoms with E-state index in [1.807, 2.05) is 65.7 Å². The predicted octanol–water partition coefficient (Wildman–Crippen LogP) is 5.03. The second-order valence-electron chi connectivity index (χ2n) is 7.01. The lowest BCUT2D eigenvalue weighted by atomic mass is 10.1. The van der Waals surface area contributed by atoms with Crippen molar-refractivity contribution in [3.05, 3.63) is 76.0 Å². The van der Waals surface area contributed by atoms with Crippen LogP contribution in [0.25, 0.3) is 0 Å². The predicted molar refractivity (Wildman–Crippen MR) is 121 cm³/mol. The van der Waals surface area contributed by atoms with Crippen LogP contribution in [-0.4, -0.2) is 29.1 Å². The van der Waals surface area contributed by atoms with Crippen molar-refractivity contribution in [3.8, 4) is 5.75 Å². The molecule has 0 bridgehead atoms. The van der Waals surface area contributed by atoms with E-state index < -0.39 is 0 Å². The number of nitrogens with one attached hydrogen (secondary N) is 1. The molecular weight excluding hydrogens is 416 g/mol. The molecule has 7 heteroatoms. The third-order valence-electron chi connectivity index (χ3n) is 4.93. The van der Waals surface area contributed by atoms with Gasteiger partial charge >= 0.3 is 0 Å². The lowest BCUT2D eigenvalue weighted by molar-refractivity contribution is -0.115. The van der Waals surface area contributed by atoms with Gasteiger partial charge in [0.15, 0.2) is 0 Å². The molecule has 2 aromatic carbocycles. The number of fused-ring (bicyclic) bond motifs is 1. The Bertz CT molecular complexity index is 1070. The number of amides is 2. The molecule has 5 nitrogen and oxygen atoms in total. The summed E-state index contributed by atoms with van der Waals surface area (Å²) in [5.41, 5.74) is 2.19. The van der Waals surface area contributed by atoms with E-state index in [-0.39, 0.29) is 17.1 Å². The Balaban J connectivity index is 1.64. The molecule has 1 unspecified atom stereocenters. The van der Waals surface area contributed by atoms with Crippen molar-refractivity contribution >= 4 is 40.6 Å². The number of nitrogens with zero attached hydrogens (tertiary/aromatic N) is 1. The highest BCUT2D eigenvalue weighted by atomic mass is 32.2. The fraction of sp³-hybridized carbons (Fsp3) is 0.217. The Hall–Kier alpha value is -2.77. The van der Waals surface area contributed by atoms with Crippen LogP contribution in [0.1, 0.15) is 27.7 Å². The maximum absolute atomic E-state index is 13.5. The van der Waals surface area contributed by atoms with Crippen LogP contribution in [0.5, 0.6) is 5.75 Å². The summed E-state index contributed by atoms with van der Waals surface area (Å²) in [6, 6.07) is 17.3. The second-order valence-corrected chi connectivity index (χ2v) is 9.43. The van der Waals surface area contributed by atoms with Crippen LogP contribution >= 0.6 is 23.1 Å². The van der Waals surface area contributed by atoms with Crippen LogP contribution in [0.15, 0.2) is 64.9 Å². The number of anilines is 1. The van der Waals surface area contributed by atoms with Gasteiger partial charge in [-0.05, 0) is 42.6 Å². The smallest absolute Gasteiger partial charge is 0.254 e. The summed E-state index contributed by atoms with van der Waals surface area (Å²) in [4.78, 5) is 29.4. The van der Waals surface area contributed by atoms with E-state index in [4.69, 9.17) is 4.74 Å². The highest BCUT2D eigenvalue weighted by Crippen LogP contribution is 2.36. The topological polar surface area (TPSA) is 58.6 Å². The van der Waals surface area contributed by atoms with E-state index in [1.165, 1.54) is 11.8 Å². The third-order valence-corrected chi connectivity index (χ3v) is 6.96. The van der Waals surface area contributed by atoms with Crippen LogP contribution in [-0.2, 0) is 17.9 Å².